The number of carbonyl (C=O) groups excluding carboxylic acids is 1. The Labute approximate surface area is 153 Å². The summed E-state index contributed by atoms with van der Waals surface area (Å²) in [6.07, 6.45) is 1.53. The number of methoxy groups -OCH3 is 2. The van der Waals surface area contributed by atoms with Crippen molar-refractivity contribution in [3.8, 4) is 17.2 Å². The van der Waals surface area contributed by atoms with Crippen molar-refractivity contribution in [3.63, 3.8) is 0 Å². The quantitative estimate of drug-likeness (QED) is 0.582. The fourth-order valence-electron chi connectivity index (χ4n) is 2.24. The van der Waals surface area contributed by atoms with Gasteiger partial charge in [-0.3, -0.25) is 4.79 Å². The SMILES string of the molecule is COc1ccc(/C=N/NC(=O)COc2ccc(C(C)C)cc2)cc1OC. The monoisotopic (exact) mass is 356 g/mol. The summed E-state index contributed by atoms with van der Waals surface area (Å²) in [5.41, 5.74) is 4.43. The number of benzene rings is 2. The maximum atomic E-state index is 11.8. The molecule has 1 N–H and O–H groups in total. The normalized spacial score (nSPS) is 10.8. The minimum atomic E-state index is -0.338. The smallest absolute Gasteiger partial charge is 0.277 e. The molecule has 6 heteroatoms. The summed E-state index contributed by atoms with van der Waals surface area (Å²) in [5, 5.41) is 3.92. The summed E-state index contributed by atoms with van der Waals surface area (Å²) in [5.74, 6) is 1.99. The molecule has 138 valence electrons. The van der Waals surface area contributed by atoms with E-state index >= 15 is 0 Å². The zero-order valence-corrected chi connectivity index (χ0v) is 15.5. The molecule has 0 aliphatic heterocycles. The standard InChI is InChI=1S/C20H24N2O4/c1-14(2)16-6-8-17(9-7-16)26-13-20(23)22-21-12-15-5-10-18(24-3)19(11-15)25-4/h5-12,14H,13H2,1-4H3,(H,22,23)/b21-12+. The maximum absolute atomic E-state index is 11.8. The molecular formula is C20H24N2O4. The third-order valence-electron chi connectivity index (χ3n) is 3.73. The molecule has 0 radical (unpaired) electrons. The highest BCUT2D eigenvalue weighted by Gasteiger charge is 2.05. The van der Waals surface area contributed by atoms with Crippen LogP contribution in [0.3, 0.4) is 0 Å². The first-order valence-electron chi connectivity index (χ1n) is 8.30. The Balaban J connectivity index is 1.83. The van der Waals surface area contributed by atoms with Crippen LogP contribution < -0.4 is 19.6 Å². The third kappa shape index (κ3) is 5.51. The molecule has 0 atom stereocenters. The van der Waals surface area contributed by atoms with Crippen LogP contribution >= 0.6 is 0 Å². The van der Waals surface area contributed by atoms with Gasteiger partial charge in [0.05, 0.1) is 20.4 Å². The Hall–Kier alpha value is -3.02. The molecule has 0 fully saturated rings. The number of amides is 1. The maximum Gasteiger partial charge on any atom is 0.277 e. The van der Waals surface area contributed by atoms with E-state index < -0.39 is 0 Å². The number of nitrogens with one attached hydrogen (secondary N) is 1. The van der Waals surface area contributed by atoms with Gasteiger partial charge in [-0.05, 0) is 47.4 Å². The Morgan fingerprint density at radius 3 is 2.38 bits per heavy atom. The molecular weight excluding hydrogens is 332 g/mol. The molecule has 0 bridgehead atoms. The number of rotatable bonds is 8. The number of carbonyl (C=O) groups is 1. The van der Waals surface area contributed by atoms with Crippen LogP contribution in [0.4, 0.5) is 0 Å². The predicted molar refractivity (Wildman–Crippen MR) is 101 cm³/mol. The Morgan fingerprint density at radius 1 is 1.08 bits per heavy atom. The lowest BCUT2D eigenvalue weighted by atomic mass is 10.0. The fourth-order valence-corrected chi connectivity index (χ4v) is 2.24. The highest BCUT2D eigenvalue weighted by atomic mass is 16.5. The summed E-state index contributed by atoms with van der Waals surface area (Å²) in [4.78, 5) is 11.8. The average Bonchev–Trinajstić information content (AvgIpc) is 2.66. The lowest BCUT2D eigenvalue weighted by molar-refractivity contribution is -0.123. The second kappa shape index (κ2) is 9.46. The first-order valence-corrected chi connectivity index (χ1v) is 8.30. The molecule has 6 nitrogen and oxygen atoms in total. The largest absolute Gasteiger partial charge is 0.493 e. The molecule has 0 aliphatic carbocycles. The van der Waals surface area contributed by atoms with Crippen molar-refractivity contribution in [3.05, 3.63) is 53.6 Å². The third-order valence-corrected chi connectivity index (χ3v) is 3.73. The van der Waals surface area contributed by atoms with Gasteiger partial charge in [-0.25, -0.2) is 5.43 Å². The van der Waals surface area contributed by atoms with Crippen LogP contribution in [0, 0.1) is 0 Å². The van der Waals surface area contributed by atoms with E-state index in [1.165, 1.54) is 11.8 Å². The number of hydrogen-bond acceptors (Lipinski definition) is 5. The molecule has 1 amide bonds. The second-order valence-corrected chi connectivity index (χ2v) is 5.92. The van der Waals surface area contributed by atoms with Gasteiger partial charge in [0.1, 0.15) is 5.75 Å². The number of ether oxygens (including phenoxy) is 3. The zero-order chi connectivity index (χ0) is 18.9. The molecule has 0 aromatic heterocycles. The molecule has 2 rings (SSSR count). The summed E-state index contributed by atoms with van der Waals surface area (Å²) < 4.78 is 15.8. The average molecular weight is 356 g/mol. The highest BCUT2D eigenvalue weighted by molar-refractivity contribution is 5.83. The summed E-state index contributed by atoms with van der Waals surface area (Å²) in [7, 11) is 3.13. The van der Waals surface area contributed by atoms with Gasteiger partial charge in [-0.1, -0.05) is 26.0 Å². The fraction of sp³-hybridized carbons (Fsp3) is 0.300. The van der Waals surface area contributed by atoms with Gasteiger partial charge >= 0.3 is 0 Å². The van der Waals surface area contributed by atoms with Crippen LogP contribution in [-0.2, 0) is 4.79 Å². The van der Waals surface area contributed by atoms with Crippen LogP contribution in [0.2, 0.25) is 0 Å². The first kappa shape index (κ1) is 19.3. The van der Waals surface area contributed by atoms with Crippen molar-refractivity contribution >= 4 is 12.1 Å². The van der Waals surface area contributed by atoms with Crippen LogP contribution in [0.5, 0.6) is 17.2 Å². The Bertz CT molecular complexity index is 755. The van der Waals surface area contributed by atoms with Gasteiger partial charge in [-0.15, -0.1) is 0 Å². The number of hydrazone groups is 1. The van der Waals surface area contributed by atoms with Crippen LogP contribution in [-0.4, -0.2) is 32.9 Å². The zero-order valence-electron chi connectivity index (χ0n) is 15.5. The van der Waals surface area contributed by atoms with Gasteiger partial charge in [0.15, 0.2) is 18.1 Å². The number of hydrogen-bond donors (Lipinski definition) is 1. The van der Waals surface area contributed by atoms with Gasteiger partial charge in [-0.2, -0.15) is 5.10 Å². The highest BCUT2D eigenvalue weighted by Crippen LogP contribution is 2.26. The second-order valence-electron chi connectivity index (χ2n) is 5.92. The predicted octanol–water partition coefficient (Wildman–Crippen LogP) is 3.36. The molecule has 0 saturated heterocycles. The van der Waals surface area contributed by atoms with Crippen LogP contribution in [0.25, 0.3) is 0 Å². The number of nitrogens with zero attached hydrogens (tertiary/aromatic N) is 1. The van der Waals surface area contributed by atoms with Crippen molar-refractivity contribution in [1.29, 1.82) is 0 Å². The van der Waals surface area contributed by atoms with Crippen molar-refractivity contribution in [2.45, 2.75) is 19.8 Å². The lowest BCUT2D eigenvalue weighted by Crippen LogP contribution is -2.24. The molecule has 0 heterocycles. The van der Waals surface area contributed by atoms with Gasteiger partial charge in [0.25, 0.3) is 5.91 Å². The van der Waals surface area contributed by atoms with Gasteiger partial charge in [0, 0.05) is 0 Å². The van der Waals surface area contributed by atoms with Crippen LogP contribution in [0.15, 0.2) is 47.6 Å². The summed E-state index contributed by atoms with van der Waals surface area (Å²) in [6, 6.07) is 13.0. The Morgan fingerprint density at radius 2 is 1.77 bits per heavy atom. The minimum Gasteiger partial charge on any atom is -0.493 e. The molecule has 26 heavy (non-hydrogen) atoms. The van der Waals surface area contributed by atoms with E-state index in [2.05, 4.69) is 24.4 Å². The van der Waals surface area contributed by atoms with Crippen LogP contribution in [0.1, 0.15) is 30.9 Å². The van der Waals surface area contributed by atoms with Gasteiger partial charge < -0.3 is 14.2 Å². The Kier molecular flexibility index (Phi) is 7.02. The molecule has 0 spiro atoms. The summed E-state index contributed by atoms with van der Waals surface area (Å²) >= 11 is 0. The van der Waals surface area contributed by atoms with E-state index in [9.17, 15) is 4.79 Å². The first-order chi connectivity index (χ1) is 12.5. The van der Waals surface area contributed by atoms with E-state index in [1.807, 2.05) is 30.3 Å². The molecule has 0 saturated carbocycles. The van der Waals surface area contributed by atoms with E-state index in [0.29, 0.717) is 23.2 Å². The van der Waals surface area contributed by atoms with Gasteiger partial charge in [0.2, 0.25) is 0 Å². The topological polar surface area (TPSA) is 69.2 Å². The van der Waals surface area contributed by atoms with E-state index in [1.54, 1.807) is 26.4 Å². The molecule has 2 aromatic carbocycles. The van der Waals surface area contributed by atoms with E-state index in [-0.39, 0.29) is 12.5 Å². The van der Waals surface area contributed by atoms with Crippen molar-refractivity contribution in [1.82, 2.24) is 5.43 Å². The van der Waals surface area contributed by atoms with Crippen molar-refractivity contribution in [2.24, 2.45) is 5.10 Å². The minimum absolute atomic E-state index is 0.107. The van der Waals surface area contributed by atoms with E-state index in [0.717, 1.165) is 5.56 Å². The lowest BCUT2D eigenvalue weighted by Gasteiger charge is -2.08. The molecule has 0 unspecified atom stereocenters. The van der Waals surface area contributed by atoms with Crippen molar-refractivity contribution in [2.75, 3.05) is 20.8 Å². The summed E-state index contributed by atoms with van der Waals surface area (Å²) in [6.45, 7) is 4.14. The van der Waals surface area contributed by atoms with E-state index in [4.69, 9.17) is 14.2 Å². The molecule has 0 aliphatic rings. The molecule has 2 aromatic rings. The van der Waals surface area contributed by atoms with Crippen molar-refractivity contribution < 1.29 is 19.0 Å².